The van der Waals surface area contributed by atoms with Crippen molar-refractivity contribution in [2.24, 2.45) is 7.05 Å². The van der Waals surface area contributed by atoms with E-state index in [2.05, 4.69) is 15.7 Å². The Balaban J connectivity index is 2.09. The van der Waals surface area contributed by atoms with Crippen LogP contribution in [0.25, 0.3) is 0 Å². The van der Waals surface area contributed by atoms with Gasteiger partial charge in [0, 0.05) is 13.2 Å². The Kier molecular flexibility index (Phi) is 4.22. The molecule has 0 radical (unpaired) electrons. The van der Waals surface area contributed by atoms with Gasteiger partial charge in [-0.05, 0) is 12.5 Å². The maximum atomic E-state index is 11.9. The largest absolute Gasteiger partial charge is 0.479 e. The van der Waals surface area contributed by atoms with Crippen molar-refractivity contribution in [2.75, 3.05) is 5.32 Å². The molecule has 1 unspecified atom stereocenters. The van der Waals surface area contributed by atoms with Crippen LogP contribution in [-0.4, -0.2) is 26.9 Å². The smallest absolute Gasteiger partial charge is 0.330 e. The van der Waals surface area contributed by atoms with E-state index in [1.54, 1.807) is 55.2 Å². The van der Waals surface area contributed by atoms with Crippen LogP contribution in [0, 0.1) is 6.92 Å². The number of amides is 2. The number of aryl methyl sites for hydroxylation is 2. The number of aromatic nitrogens is 2. The van der Waals surface area contributed by atoms with Crippen LogP contribution in [0.2, 0.25) is 0 Å². The van der Waals surface area contributed by atoms with Gasteiger partial charge in [-0.3, -0.25) is 4.68 Å². The first kappa shape index (κ1) is 14.6. The Hall–Kier alpha value is -2.83. The zero-order valence-corrected chi connectivity index (χ0v) is 11.7. The van der Waals surface area contributed by atoms with Gasteiger partial charge >= 0.3 is 12.0 Å². The molecule has 0 spiro atoms. The predicted molar refractivity (Wildman–Crippen MR) is 76.9 cm³/mol. The van der Waals surface area contributed by atoms with E-state index in [1.807, 2.05) is 0 Å². The summed E-state index contributed by atoms with van der Waals surface area (Å²) in [4.78, 5) is 23.2. The van der Waals surface area contributed by atoms with E-state index < -0.39 is 18.0 Å². The summed E-state index contributed by atoms with van der Waals surface area (Å²) in [6.45, 7) is 1.75. The number of nitrogens with one attached hydrogen (secondary N) is 2. The van der Waals surface area contributed by atoms with Gasteiger partial charge in [-0.25, -0.2) is 9.59 Å². The molecule has 0 aliphatic heterocycles. The van der Waals surface area contributed by atoms with Gasteiger partial charge in [-0.15, -0.1) is 0 Å². The molecule has 0 saturated carbocycles. The second-order valence-electron chi connectivity index (χ2n) is 4.58. The number of benzene rings is 1. The van der Waals surface area contributed by atoms with Crippen molar-refractivity contribution in [3.05, 3.63) is 47.8 Å². The van der Waals surface area contributed by atoms with E-state index in [1.165, 1.54) is 0 Å². The van der Waals surface area contributed by atoms with Gasteiger partial charge in [0.05, 0.1) is 11.4 Å². The van der Waals surface area contributed by atoms with Gasteiger partial charge in [0.2, 0.25) is 0 Å². The average molecular weight is 288 g/mol. The first-order valence-electron chi connectivity index (χ1n) is 6.33. The summed E-state index contributed by atoms with van der Waals surface area (Å²) in [7, 11) is 1.74. The molecule has 2 amide bonds. The third kappa shape index (κ3) is 3.59. The maximum absolute atomic E-state index is 11.9. The second kappa shape index (κ2) is 6.08. The Labute approximate surface area is 121 Å². The first-order chi connectivity index (χ1) is 9.97. The van der Waals surface area contributed by atoms with Crippen LogP contribution >= 0.6 is 0 Å². The van der Waals surface area contributed by atoms with Crippen molar-refractivity contribution in [1.82, 2.24) is 15.1 Å². The first-order valence-corrected chi connectivity index (χ1v) is 6.33. The quantitative estimate of drug-likeness (QED) is 0.797. The van der Waals surface area contributed by atoms with Gasteiger partial charge < -0.3 is 15.7 Å². The fourth-order valence-corrected chi connectivity index (χ4v) is 1.94. The van der Waals surface area contributed by atoms with Crippen molar-refractivity contribution in [2.45, 2.75) is 13.0 Å². The summed E-state index contributed by atoms with van der Waals surface area (Å²) in [6.07, 6.45) is 1.65. The summed E-state index contributed by atoms with van der Waals surface area (Å²) in [5.74, 6) is -1.13. The number of carboxylic acids is 1. The monoisotopic (exact) mass is 288 g/mol. The second-order valence-corrected chi connectivity index (χ2v) is 4.58. The standard InChI is InChI=1S/C14H16N4O3/c1-9-11(8-18(2)17-9)15-14(21)16-12(13(19)20)10-6-4-3-5-7-10/h3-8,12H,1-2H3,(H,19,20)(H2,15,16,21). The highest BCUT2D eigenvalue weighted by atomic mass is 16.4. The van der Waals surface area contributed by atoms with Crippen molar-refractivity contribution in [1.29, 1.82) is 0 Å². The lowest BCUT2D eigenvalue weighted by atomic mass is 10.1. The Morgan fingerprint density at radius 3 is 2.48 bits per heavy atom. The fourth-order valence-electron chi connectivity index (χ4n) is 1.94. The van der Waals surface area contributed by atoms with E-state index in [0.717, 1.165) is 0 Å². The summed E-state index contributed by atoms with van der Waals surface area (Å²) >= 11 is 0. The van der Waals surface area contributed by atoms with Gasteiger partial charge in [0.1, 0.15) is 0 Å². The van der Waals surface area contributed by atoms with Crippen molar-refractivity contribution >= 4 is 17.7 Å². The number of anilines is 1. The molecule has 3 N–H and O–H groups in total. The minimum atomic E-state index is -1.13. The van der Waals surface area contributed by atoms with E-state index in [0.29, 0.717) is 16.9 Å². The lowest BCUT2D eigenvalue weighted by Gasteiger charge is -2.15. The van der Waals surface area contributed by atoms with E-state index >= 15 is 0 Å². The summed E-state index contributed by atoms with van der Waals surface area (Å²) in [5.41, 5.74) is 1.69. The zero-order valence-electron chi connectivity index (χ0n) is 11.7. The number of carbonyl (C=O) groups excluding carboxylic acids is 1. The lowest BCUT2D eigenvalue weighted by molar-refractivity contribution is -0.139. The number of aliphatic carboxylic acids is 1. The van der Waals surface area contributed by atoms with Gasteiger partial charge in [0.25, 0.3) is 0 Å². The van der Waals surface area contributed by atoms with Crippen LogP contribution < -0.4 is 10.6 Å². The van der Waals surface area contributed by atoms with Crippen LogP contribution in [0.5, 0.6) is 0 Å². The molecular formula is C14H16N4O3. The van der Waals surface area contributed by atoms with Crippen molar-refractivity contribution in [3.8, 4) is 0 Å². The van der Waals surface area contributed by atoms with Crippen LogP contribution in [0.4, 0.5) is 10.5 Å². The Morgan fingerprint density at radius 1 is 1.29 bits per heavy atom. The number of urea groups is 1. The molecular weight excluding hydrogens is 272 g/mol. The molecule has 0 aliphatic rings. The summed E-state index contributed by atoms with van der Waals surface area (Å²) in [6, 6.07) is 6.81. The lowest BCUT2D eigenvalue weighted by Crippen LogP contribution is -2.36. The molecule has 1 aromatic carbocycles. The SMILES string of the molecule is Cc1nn(C)cc1NC(=O)NC(C(=O)O)c1ccccc1. The van der Waals surface area contributed by atoms with E-state index in [9.17, 15) is 14.7 Å². The fraction of sp³-hybridized carbons (Fsp3) is 0.214. The van der Waals surface area contributed by atoms with Crippen LogP contribution in [0.3, 0.4) is 0 Å². The molecule has 1 atom stereocenters. The van der Waals surface area contributed by atoms with Crippen molar-refractivity contribution in [3.63, 3.8) is 0 Å². The highest BCUT2D eigenvalue weighted by Crippen LogP contribution is 2.14. The number of hydrogen-bond acceptors (Lipinski definition) is 3. The highest BCUT2D eigenvalue weighted by Gasteiger charge is 2.22. The maximum Gasteiger partial charge on any atom is 0.330 e. The molecule has 2 rings (SSSR count). The normalized spacial score (nSPS) is 11.7. The van der Waals surface area contributed by atoms with Crippen LogP contribution in [0.1, 0.15) is 17.3 Å². The molecule has 0 fully saturated rings. The molecule has 0 aliphatic carbocycles. The topological polar surface area (TPSA) is 96.3 Å². The Bertz CT molecular complexity index is 651. The summed E-state index contributed by atoms with van der Waals surface area (Å²) < 4.78 is 1.57. The number of carbonyl (C=O) groups is 2. The zero-order chi connectivity index (χ0) is 15.4. The number of carboxylic acid groups (broad SMARTS) is 1. The Morgan fingerprint density at radius 2 is 1.95 bits per heavy atom. The third-order valence-corrected chi connectivity index (χ3v) is 2.92. The minimum Gasteiger partial charge on any atom is -0.479 e. The highest BCUT2D eigenvalue weighted by molar-refractivity contribution is 5.92. The number of rotatable bonds is 4. The van der Waals surface area contributed by atoms with E-state index in [-0.39, 0.29) is 0 Å². The van der Waals surface area contributed by atoms with Gasteiger partial charge in [0.15, 0.2) is 6.04 Å². The predicted octanol–water partition coefficient (Wildman–Crippen LogP) is 1.68. The number of hydrogen-bond donors (Lipinski definition) is 3. The molecule has 0 saturated heterocycles. The molecule has 0 bridgehead atoms. The molecule has 21 heavy (non-hydrogen) atoms. The molecule has 7 nitrogen and oxygen atoms in total. The van der Waals surface area contributed by atoms with Gasteiger partial charge in [-0.1, -0.05) is 30.3 Å². The van der Waals surface area contributed by atoms with Gasteiger partial charge in [-0.2, -0.15) is 5.10 Å². The third-order valence-electron chi connectivity index (χ3n) is 2.92. The minimum absolute atomic E-state index is 0.503. The molecule has 110 valence electrons. The number of nitrogens with zero attached hydrogens (tertiary/aromatic N) is 2. The molecule has 2 aromatic rings. The van der Waals surface area contributed by atoms with Crippen LogP contribution in [0.15, 0.2) is 36.5 Å². The molecule has 1 aromatic heterocycles. The molecule has 7 heteroatoms. The van der Waals surface area contributed by atoms with Crippen LogP contribution in [-0.2, 0) is 11.8 Å². The van der Waals surface area contributed by atoms with Crippen molar-refractivity contribution < 1.29 is 14.7 Å². The average Bonchev–Trinajstić information content (AvgIpc) is 2.75. The van der Waals surface area contributed by atoms with E-state index in [4.69, 9.17) is 0 Å². The summed E-state index contributed by atoms with van der Waals surface area (Å²) in [5, 5.41) is 18.4. The molecule has 1 heterocycles.